The van der Waals surface area contributed by atoms with Crippen molar-refractivity contribution < 1.29 is 4.74 Å². The number of nitrogens with two attached hydrogens (primary N) is 1. The third-order valence-corrected chi connectivity index (χ3v) is 1.99. The summed E-state index contributed by atoms with van der Waals surface area (Å²) in [6.07, 6.45) is 0.473. The lowest BCUT2D eigenvalue weighted by atomic mass is 10.2. The summed E-state index contributed by atoms with van der Waals surface area (Å²) in [6.45, 7) is 5.70. The molecular weight excluding hydrogens is 160 g/mol. The highest BCUT2D eigenvalue weighted by Gasteiger charge is 2.22. The van der Waals surface area contributed by atoms with Gasteiger partial charge in [0.1, 0.15) is 0 Å². The highest BCUT2D eigenvalue weighted by atomic mass is 32.1. The van der Waals surface area contributed by atoms with Crippen molar-refractivity contribution in [2.75, 3.05) is 13.1 Å². The molecule has 0 aromatic carbocycles. The van der Waals surface area contributed by atoms with Crippen molar-refractivity contribution in [2.45, 2.75) is 26.1 Å². The molecule has 0 bridgehead atoms. The van der Waals surface area contributed by atoms with Crippen molar-refractivity contribution in [1.82, 2.24) is 4.90 Å². The Morgan fingerprint density at radius 3 is 2.27 bits per heavy atom. The molecule has 2 atom stereocenters. The van der Waals surface area contributed by atoms with Crippen LogP contribution in [0, 0.1) is 0 Å². The monoisotopic (exact) mass is 174 g/mol. The molecule has 2 N–H and O–H groups in total. The molecule has 0 aromatic heterocycles. The summed E-state index contributed by atoms with van der Waals surface area (Å²) >= 11 is 4.87. The molecule has 1 aliphatic rings. The standard InChI is InChI=1S/C7H14N2OS/c1-5-3-9(7(8)11)4-6(2)10-5/h5-6H,3-4H2,1-2H3,(H2,8,11). The largest absolute Gasteiger partial charge is 0.376 e. The molecule has 0 spiro atoms. The van der Waals surface area contributed by atoms with Gasteiger partial charge >= 0.3 is 0 Å². The van der Waals surface area contributed by atoms with Crippen LogP contribution in [0.3, 0.4) is 0 Å². The number of thiocarbonyl (C=S) groups is 1. The van der Waals surface area contributed by atoms with Gasteiger partial charge in [-0.15, -0.1) is 0 Å². The van der Waals surface area contributed by atoms with Crippen LogP contribution >= 0.6 is 12.2 Å². The van der Waals surface area contributed by atoms with Gasteiger partial charge in [0.2, 0.25) is 0 Å². The third-order valence-electron chi connectivity index (χ3n) is 1.73. The Balaban J connectivity index is 2.49. The van der Waals surface area contributed by atoms with Gasteiger partial charge in [0.25, 0.3) is 0 Å². The molecule has 0 saturated carbocycles. The van der Waals surface area contributed by atoms with Crippen molar-refractivity contribution in [3.8, 4) is 0 Å². The molecular formula is C7H14N2OS. The summed E-state index contributed by atoms with van der Waals surface area (Å²) in [7, 11) is 0. The number of morpholine rings is 1. The van der Waals surface area contributed by atoms with Crippen LogP contribution in [-0.2, 0) is 4.74 Å². The molecule has 11 heavy (non-hydrogen) atoms. The Kier molecular flexibility index (Phi) is 2.67. The van der Waals surface area contributed by atoms with Crippen LogP contribution in [0.5, 0.6) is 0 Å². The van der Waals surface area contributed by atoms with Gasteiger partial charge in [-0.1, -0.05) is 0 Å². The van der Waals surface area contributed by atoms with E-state index in [1.165, 1.54) is 0 Å². The molecule has 0 aromatic rings. The van der Waals surface area contributed by atoms with Crippen molar-refractivity contribution in [3.63, 3.8) is 0 Å². The third kappa shape index (κ3) is 2.31. The van der Waals surface area contributed by atoms with E-state index in [1.54, 1.807) is 0 Å². The predicted molar refractivity (Wildman–Crippen MR) is 48.4 cm³/mol. The summed E-state index contributed by atoms with van der Waals surface area (Å²) in [5, 5.41) is 0.479. The van der Waals surface area contributed by atoms with Gasteiger partial charge in [0.15, 0.2) is 5.11 Å². The number of hydrogen-bond acceptors (Lipinski definition) is 2. The summed E-state index contributed by atoms with van der Waals surface area (Å²) in [6, 6.07) is 0. The van der Waals surface area contributed by atoms with Gasteiger partial charge in [-0.3, -0.25) is 0 Å². The second kappa shape index (κ2) is 3.36. The second-order valence-electron chi connectivity index (χ2n) is 3.00. The fourth-order valence-corrected chi connectivity index (χ4v) is 1.51. The smallest absolute Gasteiger partial charge is 0.166 e. The van der Waals surface area contributed by atoms with E-state index >= 15 is 0 Å². The molecule has 1 heterocycles. The van der Waals surface area contributed by atoms with Crippen LogP contribution in [0.2, 0.25) is 0 Å². The van der Waals surface area contributed by atoms with Crippen molar-refractivity contribution in [2.24, 2.45) is 5.73 Å². The maximum atomic E-state index is 5.51. The minimum absolute atomic E-state index is 0.236. The molecule has 3 nitrogen and oxygen atoms in total. The molecule has 1 aliphatic heterocycles. The first-order valence-corrected chi connectivity index (χ1v) is 4.20. The van der Waals surface area contributed by atoms with Gasteiger partial charge in [-0.05, 0) is 26.1 Å². The Morgan fingerprint density at radius 2 is 1.91 bits per heavy atom. The Morgan fingerprint density at radius 1 is 1.45 bits per heavy atom. The molecule has 1 saturated heterocycles. The predicted octanol–water partition coefficient (Wildman–Crippen LogP) is 0.339. The summed E-state index contributed by atoms with van der Waals surface area (Å²) in [4.78, 5) is 1.98. The Bertz CT molecular complexity index is 153. The first-order chi connectivity index (χ1) is 5.09. The maximum Gasteiger partial charge on any atom is 0.166 e. The minimum atomic E-state index is 0.236. The Hall–Kier alpha value is -0.350. The summed E-state index contributed by atoms with van der Waals surface area (Å²) in [5.41, 5.74) is 5.49. The topological polar surface area (TPSA) is 38.5 Å². The van der Waals surface area contributed by atoms with Gasteiger partial charge in [-0.2, -0.15) is 0 Å². The summed E-state index contributed by atoms with van der Waals surface area (Å²) < 4.78 is 5.51. The van der Waals surface area contributed by atoms with Crippen LogP contribution in [0.25, 0.3) is 0 Å². The quantitative estimate of drug-likeness (QED) is 0.537. The molecule has 0 radical (unpaired) electrons. The van der Waals surface area contributed by atoms with Crippen LogP contribution in [0.15, 0.2) is 0 Å². The number of hydrogen-bond donors (Lipinski definition) is 1. The Labute approximate surface area is 72.5 Å². The van der Waals surface area contributed by atoms with Crippen LogP contribution in [0.4, 0.5) is 0 Å². The first-order valence-electron chi connectivity index (χ1n) is 3.79. The number of rotatable bonds is 0. The molecule has 0 amide bonds. The maximum absolute atomic E-state index is 5.51. The van der Waals surface area contributed by atoms with E-state index in [0.29, 0.717) is 5.11 Å². The molecule has 0 aliphatic carbocycles. The van der Waals surface area contributed by atoms with Gasteiger partial charge in [0.05, 0.1) is 12.2 Å². The van der Waals surface area contributed by atoms with Crippen LogP contribution in [0.1, 0.15) is 13.8 Å². The zero-order chi connectivity index (χ0) is 8.43. The highest BCUT2D eigenvalue weighted by molar-refractivity contribution is 7.80. The normalized spacial score (nSPS) is 32.0. The van der Waals surface area contributed by atoms with E-state index in [1.807, 2.05) is 18.7 Å². The lowest BCUT2D eigenvalue weighted by Gasteiger charge is -2.35. The SMILES string of the molecule is CC1CN(C(N)=S)CC(C)O1. The van der Waals surface area contributed by atoms with Crippen molar-refractivity contribution >= 4 is 17.3 Å². The second-order valence-corrected chi connectivity index (χ2v) is 3.42. The molecule has 1 fully saturated rings. The van der Waals surface area contributed by atoms with Gasteiger partial charge < -0.3 is 15.4 Å². The lowest BCUT2D eigenvalue weighted by molar-refractivity contribution is -0.0476. The lowest BCUT2D eigenvalue weighted by Crippen LogP contribution is -2.50. The van der Waals surface area contributed by atoms with E-state index in [9.17, 15) is 0 Å². The van der Waals surface area contributed by atoms with Gasteiger partial charge in [0, 0.05) is 13.1 Å². The minimum Gasteiger partial charge on any atom is -0.376 e. The zero-order valence-corrected chi connectivity index (χ0v) is 7.73. The fourth-order valence-electron chi connectivity index (χ4n) is 1.36. The molecule has 1 rings (SSSR count). The average Bonchev–Trinajstić information content (AvgIpc) is 1.85. The zero-order valence-electron chi connectivity index (χ0n) is 6.91. The first kappa shape index (κ1) is 8.74. The van der Waals surface area contributed by atoms with Gasteiger partial charge in [-0.25, -0.2) is 0 Å². The van der Waals surface area contributed by atoms with E-state index in [2.05, 4.69) is 0 Å². The van der Waals surface area contributed by atoms with Crippen molar-refractivity contribution in [1.29, 1.82) is 0 Å². The number of ether oxygens (including phenoxy) is 1. The summed E-state index contributed by atoms with van der Waals surface area (Å²) in [5.74, 6) is 0. The van der Waals surface area contributed by atoms with E-state index in [-0.39, 0.29) is 12.2 Å². The van der Waals surface area contributed by atoms with Crippen molar-refractivity contribution in [3.05, 3.63) is 0 Å². The van der Waals surface area contributed by atoms with Crippen LogP contribution in [-0.4, -0.2) is 35.3 Å². The number of nitrogens with zero attached hydrogens (tertiary/aromatic N) is 1. The van der Waals surface area contributed by atoms with Crippen LogP contribution < -0.4 is 5.73 Å². The van der Waals surface area contributed by atoms with E-state index in [4.69, 9.17) is 22.7 Å². The molecule has 4 heteroatoms. The molecule has 64 valence electrons. The fraction of sp³-hybridized carbons (Fsp3) is 0.857. The van der Waals surface area contributed by atoms with E-state index in [0.717, 1.165) is 13.1 Å². The molecule has 2 unspecified atom stereocenters. The highest BCUT2D eigenvalue weighted by Crippen LogP contribution is 2.09. The van der Waals surface area contributed by atoms with E-state index < -0.39 is 0 Å². The average molecular weight is 174 g/mol.